The van der Waals surface area contributed by atoms with E-state index in [-0.39, 0.29) is 12.5 Å². The van der Waals surface area contributed by atoms with E-state index < -0.39 is 10.0 Å². The Bertz CT molecular complexity index is 994. The number of hydrogen-bond acceptors (Lipinski definition) is 4. The number of benzene rings is 2. The zero-order chi connectivity index (χ0) is 21.4. The number of sulfonamides is 1. The molecular weight excluding hydrogens is 400 g/mol. The second kappa shape index (κ2) is 10.3. The second-order valence-corrected chi connectivity index (χ2v) is 9.16. The van der Waals surface area contributed by atoms with Crippen molar-refractivity contribution in [3.8, 4) is 0 Å². The van der Waals surface area contributed by atoms with E-state index in [4.69, 9.17) is 0 Å². The molecule has 158 valence electrons. The number of piperazine rings is 1. The molecule has 2 N–H and O–H groups in total. The zero-order valence-corrected chi connectivity index (χ0v) is 17.8. The van der Waals surface area contributed by atoms with E-state index in [2.05, 4.69) is 10.5 Å². The third kappa shape index (κ3) is 6.09. The predicted octanol–water partition coefficient (Wildman–Crippen LogP) is 0.700. The van der Waals surface area contributed by atoms with E-state index in [1.54, 1.807) is 30.3 Å². The molecule has 2 aromatic carbocycles. The Hall–Kier alpha value is -2.81. The van der Waals surface area contributed by atoms with Crippen molar-refractivity contribution in [3.63, 3.8) is 0 Å². The fourth-order valence-electron chi connectivity index (χ4n) is 3.22. The molecular formula is C22H27N4O3S+. The summed E-state index contributed by atoms with van der Waals surface area (Å²) < 4.78 is 27.0. The third-order valence-corrected chi connectivity index (χ3v) is 6.85. The minimum absolute atomic E-state index is 0.191. The van der Waals surface area contributed by atoms with Gasteiger partial charge in [-0.2, -0.15) is 9.41 Å². The highest BCUT2D eigenvalue weighted by molar-refractivity contribution is 7.89. The molecule has 1 fully saturated rings. The van der Waals surface area contributed by atoms with E-state index in [0.29, 0.717) is 31.1 Å². The van der Waals surface area contributed by atoms with Crippen LogP contribution < -0.4 is 10.3 Å². The van der Waals surface area contributed by atoms with E-state index >= 15 is 0 Å². The molecule has 0 unspecified atom stereocenters. The lowest BCUT2D eigenvalue weighted by Gasteiger charge is -2.31. The summed E-state index contributed by atoms with van der Waals surface area (Å²) >= 11 is 0. The number of hydrazone groups is 1. The minimum Gasteiger partial charge on any atom is -0.325 e. The van der Waals surface area contributed by atoms with Gasteiger partial charge in [-0.25, -0.2) is 13.8 Å². The van der Waals surface area contributed by atoms with Crippen LogP contribution in [0.5, 0.6) is 0 Å². The van der Waals surface area contributed by atoms with Crippen molar-refractivity contribution in [2.45, 2.75) is 11.8 Å². The summed E-state index contributed by atoms with van der Waals surface area (Å²) in [6.07, 6.45) is 5.19. The molecule has 0 radical (unpaired) electrons. The first kappa shape index (κ1) is 21.9. The molecule has 0 aromatic heterocycles. The van der Waals surface area contributed by atoms with Gasteiger partial charge in [0.15, 0.2) is 6.54 Å². The molecule has 7 nitrogen and oxygen atoms in total. The Labute approximate surface area is 177 Å². The Kier molecular flexibility index (Phi) is 7.51. The van der Waals surface area contributed by atoms with Gasteiger partial charge in [-0.15, -0.1) is 0 Å². The van der Waals surface area contributed by atoms with Crippen molar-refractivity contribution < 1.29 is 18.1 Å². The molecule has 2 aromatic rings. The van der Waals surface area contributed by atoms with E-state index in [1.807, 2.05) is 43.3 Å². The summed E-state index contributed by atoms with van der Waals surface area (Å²) in [5, 5.41) is 3.92. The second-order valence-electron chi connectivity index (χ2n) is 7.23. The molecule has 0 aliphatic carbocycles. The molecule has 0 atom stereocenters. The highest BCUT2D eigenvalue weighted by Crippen LogP contribution is 2.16. The highest BCUT2D eigenvalue weighted by atomic mass is 32.2. The summed E-state index contributed by atoms with van der Waals surface area (Å²) in [5.41, 5.74) is 4.59. The van der Waals surface area contributed by atoms with E-state index in [9.17, 15) is 13.2 Å². The number of amides is 1. The molecule has 0 spiro atoms. The van der Waals surface area contributed by atoms with Gasteiger partial charge < -0.3 is 4.90 Å². The highest BCUT2D eigenvalue weighted by Gasteiger charge is 2.30. The van der Waals surface area contributed by atoms with Crippen molar-refractivity contribution in [2.24, 2.45) is 5.10 Å². The molecule has 0 bridgehead atoms. The van der Waals surface area contributed by atoms with Crippen molar-refractivity contribution >= 4 is 28.2 Å². The Morgan fingerprint density at radius 1 is 1.10 bits per heavy atom. The van der Waals surface area contributed by atoms with Crippen LogP contribution in [-0.2, 0) is 14.8 Å². The quantitative estimate of drug-likeness (QED) is 0.504. The lowest BCUT2D eigenvalue weighted by Crippen LogP contribution is -3.15. The molecule has 30 heavy (non-hydrogen) atoms. The molecule has 1 aliphatic heterocycles. The molecule has 1 saturated heterocycles. The third-order valence-electron chi connectivity index (χ3n) is 4.94. The van der Waals surface area contributed by atoms with Crippen LogP contribution in [0, 0.1) is 6.92 Å². The van der Waals surface area contributed by atoms with Gasteiger partial charge in [0.25, 0.3) is 5.91 Å². The minimum atomic E-state index is -3.49. The lowest BCUT2D eigenvalue weighted by molar-refractivity contribution is -0.895. The summed E-state index contributed by atoms with van der Waals surface area (Å²) in [5.74, 6) is -0.191. The molecule has 1 heterocycles. The van der Waals surface area contributed by atoms with E-state index in [0.717, 1.165) is 16.0 Å². The number of hydrogen-bond donors (Lipinski definition) is 2. The summed E-state index contributed by atoms with van der Waals surface area (Å²) in [4.78, 5) is 13.4. The van der Waals surface area contributed by atoms with Gasteiger partial charge in [-0.05, 0) is 30.7 Å². The number of aryl methyl sites for hydroxylation is 1. The van der Waals surface area contributed by atoms with Gasteiger partial charge in [0.05, 0.1) is 31.1 Å². The summed E-state index contributed by atoms with van der Waals surface area (Å²) in [6, 6.07) is 16.7. The van der Waals surface area contributed by atoms with Crippen molar-refractivity contribution in [2.75, 3.05) is 32.7 Å². The number of nitrogens with one attached hydrogen (secondary N) is 2. The van der Waals surface area contributed by atoms with Crippen LogP contribution in [0.3, 0.4) is 0 Å². The number of allylic oxidation sites excluding steroid dienone is 1. The maximum absolute atomic E-state index is 12.7. The smallest absolute Gasteiger partial charge is 0.295 e. The fraction of sp³-hybridized carbons (Fsp3) is 0.273. The largest absolute Gasteiger partial charge is 0.325 e. The molecule has 3 rings (SSSR count). The molecule has 1 amide bonds. The van der Waals surface area contributed by atoms with Crippen LogP contribution in [0.2, 0.25) is 0 Å². The lowest BCUT2D eigenvalue weighted by atomic mass is 10.2. The number of carbonyl (C=O) groups is 1. The first-order chi connectivity index (χ1) is 14.4. The van der Waals surface area contributed by atoms with Crippen LogP contribution in [0.15, 0.2) is 70.7 Å². The molecule has 8 heteroatoms. The maximum atomic E-state index is 12.7. The normalized spacial score (nSPS) is 16.3. The van der Waals surface area contributed by atoms with Crippen LogP contribution in [0.4, 0.5) is 0 Å². The van der Waals surface area contributed by atoms with E-state index in [1.165, 1.54) is 10.5 Å². The number of quaternary nitrogens is 1. The average Bonchev–Trinajstić information content (AvgIpc) is 2.75. The standard InChI is InChI=1S/C22H26N4O3S/c1-19-9-11-21(12-10-19)30(28,29)26-16-14-25(15-17-26)18-22(27)24-23-13-5-8-20-6-3-2-4-7-20/h2-13H,14-18H2,1H3,(H,24,27)/p+1/b8-5+,23-13+. The van der Waals surface area contributed by atoms with Gasteiger partial charge in [-0.3, -0.25) is 4.79 Å². The van der Waals surface area contributed by atoms with Crippen LogP contribution in [0.25, 0.3) is 6.08 Å². The first-order valence-electron chi connectivity index (χ1n) is 9.89. The maximum Gasteiger partial charge on any atom is 0.295 e. The summed E-state index contributed by atoms with van der Waals surface area (Å²) in [6.45, 7) is 4.13. The number of carbonyl (C=O) groups excluding carboxylic acids is 1. The SMILES string of the molecule is Cc1ccc(S(=O)(=O)N2CC[NH+](CC(=O)N/N=C/C=C/c3ccccc3)CC2)cc1. The topological polar surface area (TPSA) is 83.3 Å². The van der Waals surface area contributed by atoms with Crippen LogP contribution >= 0.6 is 0 Å². The fourth-order valence-corrected chi connectivity index (χ4v) is 4.66. The van der Waals surface area contributed by atoms with Gasteiger partial charge in [-0.1, -0.05) is 54.1 Å². The molecule has 1 aliphatic rings. The van der Waals surface area contributed by atoms with Gasteiger partial charge in [0, 0.05) is 6.21 Å². The Morgan fingerprint density at radius 3 is 2.43 bits per heavy atom. The van der Waals surface area contributed by atoms with Gasteiger partial charge in [0.2, 0.25) is 10.0 Å². The zero-order valence-electron chi connectivity index (χ0n) is 17.0. The number of nitrogens with zero attached hydrogens (tertiary/aromatic N) is 2. The molecule has 0 saturated carbocycles. The monoisotopic (exact) mass is 427 g/mol. The van der Waals surface area contributed by atoms with Crippen LogP contribution in [-0.4, -0.2) is 57.6 Å². The first-order valence-corrected chi connectivity index (χ1v) is 11.3. The van der Waals surface area contributed by atoms with Crippen molar-refractivity contribution in [1.29, 1.82) is 0 Å². The van der Waals surface area contributed by atoms with Crippen LogP contribution in [0.1, 0.15) is 11.1 Å². The summed E-state index contributed by atoms with van der Waals surface area (Å²) in [7, 11) is -3.49. The Morgan fingerprint density at radius 2 is 1.77 bits per heavy atom. The number of rotatable bonds is 7. The predicted molar refractivity (Wildman–Crippen MR) is 118 cm³/mol. The average molecular weight is 428 g/mol. The Balaban J connectivity index is 1.43. The van der Waals surface area contributed by atoms with Crippen molar-refractivity contribution in [3.05, 3.63) is 71.8 Å². The van der Waals surface area contributed by atoms with Crippen molar-refractivity contribution in [1.82, 2.24) is 9.73 Å². The van der Waals surface area contributed by atoms with Gasteiger partial charge >= 0.3 is 0 Å². The van der Waals surface area contributed by atoms with Gasteiger partial charge in [0.1, 0.15) is 0 Å².